The molecule has 1 amide bonds. The van der Waals surface area contributed by atoms with Crippen molar-refractivity contribution in [2.75, 3.05) is 20.3 Å². The van der Waals surface area contributed by atoms with E-state index in [1.165, 1.54) is 13.2 Å². The van der Waals surface area contributed by atoms with Gasteiger partial charge in [0.1, 0.15) is 0 Å². The third kappa shape index (κ3) is 5.64. The normalized spacial score (nSPS) is 19.5. The van der Waals surface area contributed by atoms with Gasteiger partial charge in [0.05, 0.1) is 18.7 Å². The molecule has 1 aromatic carbocycles. The van der Waals surface area contributed by atoms with Gasteiger partial charge in [-0.2, -0.15) is 0 Å². The van der Waals surface area contributed by atoms with Crippen LogP contribution in [0.5, 0.6) is 11.5 Å². The smallest absolute Gasteiger partial charge is 0.331 e. The molecule has 28 heavy (non-hydrogen) atoms. The summed E-state index contributed by atoms with van der Waals surface area (Å²) in [6.45, 7) is 6.11. The highest BCUT2D eigenvalue weighted by Crippen LogP contribution is 2.36. The monoisotopic (exact) mass is 409 g/mol. The first-order valence-corrected chi connectivity index (χ1v) is 9.91. The van der Waals surface area contributed by atoms with Crippen molar-refractivity contribution in [2.24, 2.45) is 0 Å². The molecule has 0 unspecified atom stereocenters. The van der Waals surface area contributed by atoms with Crippen LogP contribution in [0.15, 0.2) is 18.2 Å². The van der Waals surface area contributed by atoms with Crippen molar-refractivity contribution in [1.29, 1.82) is 0 Å². The summed E-state index contributed by atoms with van der Waals surface area (Å²) in [7, 11) is 1.52. The number of rotatable bonds is 7. The van der Waals surface area contributed by atoms with Crippen molar-refractivity contribution in [3.63, 3.8) is 0 Å². The number of piperidine rings is 1. The fraction of sp³-hybridized carbons (Fsp3) is 0.524. The minimum absolute atomic E-state index is 0.160. The minimum atomic E-state index is -0.588. The van der Waals surface area contributed by atoms with Gasteiger partial charge in [-0.3, -0.25) is 4.79 Å². The van der Waals surface area contributed by atoms with E-state index in [1.807, 2.05) is 25.7 Å². The van der Waals surface area contributed by atoms with Crippen molar-refractivity contribution in [1.82, 2.24) is 4.90 Å². The molecule has 1 aliphatic heterocycles. The molecule has 154 valence electrons. The Bertz CT molecular complexity index is 724. The third-order valence-corrected chi connectivity index (χ3v) is 5.05. The molecule has 1 heterocycles. The molecule has 2 rings (SSSR count). The lowest BCUT2D eigenvalue weighted by atomic mass is 9.97. The van der Waals surface area contributed by atoms with Gasteiger partial charge < -0.3 is 19.1 Å². The van der Waals surface area contributed by atoms with Crippen LogP contribution in [-0.2, 0) is 14.3 Å². The van der Waals surface area contributed by atoms with Crippen molar-refractivity contribution in [3.05, 3.63) is 28.8 Å². The lowest BCUT2D eigenvalue weighted by Crippen LogP contribution is -2.49. The van der Waals surface area contributed by atoms with Gasteiger partial charge in [-0.15, -0.1) is 0 Å². The number of amides is 1. The molecule has 2 atom stereocenters. The van der Waals surface area contributed by atoms with E-state index in [1.54, 1.807) is 18.2 Å². The van der Waals surface area contributed by atoms with Crippen LogP contribution in [-0.4, -0.2) is 49.2 Å². The first-order valence-electron chi connectivity index (χ1n) is 9.53. The summed E-state index contributed by atoms with van der Waals surface area (Å²) in [6, 6.07) is 3.72. The highest BCUT2D eigenvalue weighted by Gasteiger charge is 2.29. The van der Waals surface area contributed by atoms with Gasteiger partial charge in [-0.05, 0) is 63.8 Å². The number of carbonyl (C=O) groups excluding carboxylic acids is 2. The predicted molar refractivity (Wildman–Crippen MR) is 109 cm³/mol. The molecule has 0 saturated carbocycles. The van der Waals surface area contributed by atoms with E-state index in [4.69, 9.17) is 25.8 Å². The number of halogens is 1. The fourth-order valence-corrected chi connectivity index (χ4v) is 3.73. The summed E-state index contributed by atoms with van der Waals surface area (Å²) in [4.78, 5) is 26.2. The van der Waals surface area contributed by atoms with E-state index in [0.29, 0.717) is 28.7 Å². The molecule has 1 aromatic rings. The van der Waals surface area contributed by atoms with Crippen LogP contribution in [0.25, 0.3) is 6.08 Å². The minimum Gasteiger partial charge on any atom is -0.493 e. The fourth-order valence-electron chi connectivity index (χ4n) is 3.45. The number of ether oxygens (including phenoxy) is 3. The first-order chi connectivity index (χ1) is 13.4. The molecule has 0 radical (unpaired) electrons. The molecule has 1 fully saturated rings. The van der Waals surface area contributed by atoms with Crippen LogP contribution in [0.3, 0.4) is 0 Å². The Balaban J connectivity index is 1.96. The Hall–Kier alpha value is -2.21. The standard InChI is InChI=1S/C21H28ClNO5/c1-5-27-21-17(22)11-16(12-18(21)26-4)9-10-20(25)28-13-19(24)23-14(2)7-6-8-15(23)3/h9-12,14-15H,5-8,13H2,1-4H3/b10-9+/t14-,15+. The quantitative estimate of drug-likeness (QED) is 0.501. The number of benzene rings is 1. The third-order valence-electron chi connectivity index (χ3n) is 4.77. The Labute approximate surface area is 171 Å². The van der Waals surface area contributed by atoms with E-state index in [2.05, 4.69) is 0 Å². The zero-order valence-electron chi connectivity index (χ0n) is 16.9. The number of esters is 1. The topological polar surface area (TPSA) is 65.1 Å². The van der Waals surface area contributed by atoms with E-state index in [-0.39, 0.29) is 24.6 Å². The van der Waals surface area contributed by atoms with Crippen molar-refractivity contribution < 1.29 is 23.8 Å². The highest BCUT2D eigenvalue weighted by molar-refractivity contribution is 6.32. The number of methoxy groups -OCH3 is 1. The average Bonchev–Trinajstić information content (AvgIpc) is 2.66. The zero-order valence-corrected chi connectivity index (χ0v) is 17.6. The average molecular weight is 410 g/mol. The van der Waals surface area contributed by atoms with Crippen LogP contribution < -0.4 is 9.47 Å². The molecule has 7 heteroatoms. The summed E-state index contributed by atoms with van der Waals surface area (Å²) in [5, 5.41) is 0.387. The highest BCUT2D eigenvalue weighted by atomic mass is 35.5. The largest absolute Gasteiger partial charge is 0.493 e. The molecule has 0 aromatic heterocycles. The molecule has 0 bridgehead atoms. The van der Waals surface area contributed by atoms with E-state index in [9.17, 15) is 9.59 Å². The maximum atomic E-state index is 12.4. The van der Waals surface area contributed by atoms with Crippen LogP contribution in [0.2, 0.25) is 5.02 Å². The Morgan fingerprint density at radius 2 is 1.93 bits per heavy atom. The van der Waals surface area contributed by atoms with Crippen LogP contribution in [0.4, 0.5) is 0 Å². The Kier molecular flexibility index (Phi) is 8.18. The molecule has 1 saturated heterocycles. The number of carbonyl (C=O) groups is 2. The molecule has 6 nitrogen and oxygen atoms in total. The van der Waals surface area contributed by atoms with Gasteiger partial charge >= 0.3 is 5.97 Å². The van der Waals surface area contributed by atoms with Gasteiger partial charge in [0.25, 0.3) is 5.91 Å². The van der Waals surface area contributed by atoms with Crippen LogP contribution >= 0.6 is 11.6 Å². The predicted octanol–water partition coefficient (Wildman–Crippen LogP) is 4.09. The second-order valence-electron chi connectivity index (χ2n) is 6.84. The summed E-state index contributed by atoms with van der Waals surface area (Å²) in [6.07, 6.45) is 5.89. The second kappa shape index (κ2) is 10.4. The van der Waals surface area contributed by atoms with Gasteiger partial charge in [0.15, 0.2) is 18.1 Å². The van der Waals surface area contributed by atoms with Gasteiger partial charge in [-0.1, -0.05) is 11.6 Å². The van der Waals surface area contributed by atoms with Crippen molar-refractivity contribution in [2.45, 2.75) is 52.1 Å². The summed E-state index contributed by atoms with van der Waals surface area (Å²) in [5.41, 5.74) is 0.659. The van der Waals surface area contributed by atoms with Crippen LogP contribution in [0.1, 0.15) is 45.6 Å². The van der Waals surface area contributed by atoms with Gasteiger partial charge in [0, 0.05) is 18.2 Å². The lowest BCUT2D eigenvalue weighted by Gasteiger charge is -2.38. The molecule has 0 N–H and O–H groups in total. The number of nitrogens with zero attached hydrogens (tertiary/aromatic N) is 1. The van der Waals surface area contributed by atoms with E-state index in [0.717, 1.165) is 19.3 Å². The molecule has 1 aliphatic rings. The lowest BCUT2D eigenvalue weighted by molar-refractivity contribution is -0.151. The Morgan fingerprint density at radius 1 is 1.25 bits per heavy atom. The number of hydrogen-bond donors (Lipinski definition) is 0. The maximum absolute atomic E-state index is 12.4. The second-order valence-corrected chi connectivity index (χ2v) is 7.25. The van der Waals surface area contributed by atoms with Gasteiger partial charge in [-0.25, -0.2) is 4.79 Å². The molecule has 0 spiro atoms. The van der Waals surface area contributed by atoms with Crippen molar-refractivity contribution >= 4 is 29.6 Å². The van der Waals surface area contributed by atoms with E-state index < -0.39 is 5.97 Å². The number of likely N-dealkylation sites (tertiary alicyclic amines) is 1. The number of hydrogen-bond acceptors (Lipinski definition) is 5. The summed E-state index contributed by atoms with van der Waals surface area (Å²) in [5.74, 6) is 0.189. The maximum Gasteiger partial charge on any atom is 0.331 e. The van der Waals surface area contributed by atoms with Crippen LogP contribution in [0, 0.1) is 0 Å². The molecular formula is C21H28ClNO5. The first kappa shape index (κ1) is 22.1. The van der Waals surface area contributed by atoms with Gasteiger partial charge in [0.2, 0.25) is 0 Å². The molecule has 0 aliphatic carbocycles. The molecular weight excluding hydrogens is 382 g/mol. The zero-order chi connectivity index (χ0) is 20.7. The SMILES string of the molecule is CCOc1c(Cl)cc(/C=C/C(=O)OCC(=O)N2[C@H](C)CCC[C@@H]2C)cc1OC. The Morgan fingerprint density at radius 3 is 2.54 bits per heavy atom. The van der Waals surface area contributed by atoms with Crippen molar-refractivity contribution in [3.8, 4) is 11.5 Å². The summed E-state index contributed by atoms with van der Waals surface area (Å²) < 4.78 is 15.9. The summed E-state index contributed by atoms with van der Waals surface area (Å²) >= 11 is 6.22. The van der Waals surface area contributed by atoms with E-state index >= 15 is 0 Å².